The predicted octanol–water partition coefficient (Wildman–Crippen LogP) is 4.59. The molecular weight excluding hydrogens is 394 g/mol. The topological polar surface area (TPSA) is 93.8 Å². The van der Waals surface area contributed by atoms with Gasteiger partial charge in [0.05, 0.1) is 11.1 Å². The predicted molar refractivity (Wildman–Crippen MR) is 110 cm³/mol. The maximum absolute atomic E-state index is 12.2. The second-order valence-electron chi connectivity index (χ2n) is 5.96. The van der Waals surface area contributed by atoms with Gasteiger partial charge in [0, 0.05) is 28.3 Å². The standard InChI is InChI=1S/C21H16ClN3O4/c22-20-11-8-18(25(27)28)12-17(20)13-23-24-21(26)16-6-9-19(10-7-16)29-14-15-4-2-1-3-5-15/h1-13H,14H2,(H,24,26)/b23-13+. The zero-order chi connectivity index (χ0) is 20.6. The van der Waals surface area contributed by atoms with Gasteiger partial charge < -0.3 is 4.74 Å². The Balaban J connectivity index is 1.57. The van der Waals surface area contributed by atoms with Gasteiger partial charge in [0.15, 0.2) is 0 Å². The highest BCUT2D eigenvalue weighted by Crippen LogP contribution is 2.20. The summed E-state index contributed by atoms with van der Waals surface area (Å²) < 4.78 is 5.68. The van der Waals surface area contributed by atoms with Crippen molar-refractivity contribution in [3.63, 3.8) is 0 Å². The van der Waals surface area contributed by atoms with E-state index in [1.54, 1.807) is 24.3 Å². The molecule has 3 aromatic carbocycles. The fourth-order valence-electron chi connectivity index (χ4n) is 2.41. The largest absolute Gasteiger partial charge is 0.489 e. The molecule has 1 N–H and O–H groups in total. The minimum Gasteiger partial charge on any atom is -0.489 e. The van der Waals surface area contributed by atoms with Crippen molar-refractivity contribution in [1.82, 2.24) is 5.43 Å². The third kappa shape index (κ3) is 5.63. The highest BCUT2D eigenvalue weighted by atomic mass is 35.5. The van der Waals surface area contributed by atoms with Crippen molar-refractivity contribution in [1.29, 1.82) is 0 Å². The van der Waals surface area contributed by atoms with Crippen LogP contribution in [0.3, 0.4) is 0 Å². The van der Waals surface area contributed by atoms with Gasteiger partial charge in [-0.05, 0) is 35.9 Å². The van der Waals surface area contributed by atoms with Crippen LogP contribution in [0.2, 0.25) is 5.02 Å². The van der Waals surface area contributed by atoms with Crippen molar-refractivity contribution in [3.8, 4) is 5.75 Å². The Labute approximate surface area is 171 Å². The van der Waals surface area contributed by atoms with E-state index in [0.717, 1.165) is 5.56 Å². The van der Waals surface area contributed by atoms with E-state index < -0.39 is 10.8 Å². The lowest BCUT2D eigenvalue weighted by Crippen LogP contribution is -2.17. The Morgan fingerprint density at radius 3 is 2.52 bits per heavy atom. The van der Waals surface area contributed by atoms with Gasteiger partial charge >= 0.3 is 0 Å². The number of carbonyl (C=O) groups is 1. The van der Waals surface area contributed by atoms with Gasteiger partial charge in [-0.1, -0.05) is 41.9 Å². The molecule has 0 atom stereocenters. The number of nitro benzene ring substituents is 1. The van der Waals surface area contributed by atoms with Gasteiger partial charge in [0.25, 0.3) is 11.6 Å². The molecule has 3 aromatic rings. The van der Waals surface area contributed by atoms with Crippen LogP contribution in [0, 0.1) is 10.1 Å². The maximum atomic E-state index is 12.2. The monoisotopic (exact) mass is 409 g/mol. The average molecular weight is 410 g/mol. The van der Waals surface area contributed by atoms with E-state index in [4.69, 9.17) is 16.3 Å². The zero-order valence-electron chi connectivity index (χ0n) is 15.1. The Kier molecular flexibility index (Phi) is 6.55. The number of nitrogens with one attached hydrogen (secondary N) is 1. The number of hydrogen-bond donors (Lipinski definition) is 1. The lowest BCUT2D eigenvalue weighted by atomic mass is 10.2. The van der Waals surface area contributed by atoms with Crippen LogP contribution in [-0.2, 0) is 6.61 Å². The van der Waals surface area contributed by atoms with Gasteiger partial charge in [-0.3, -0.25) is 14.9 Å². The van der Waals surface area contributed by atoms with E-state index in [1.807, 2.05) is 30.3 Å². The first-order valence-corrected chi connectivity index (χ1v) is 8.95. The molecular formula is C21H16ClN3O4. The molecule has 0 aliphatic rings. The second kappa shape index (κ2) is 9.48. The van der Waals surface area contributed by atoms with Crippen LogP contribution in [0.1, 0.15) is 21.5 Å². The molecule has 146 valence electrons. The van der Waals surface area contributed by atoms with Gasteiger partial charge in [-0.2, -0.15) is 5.10 Å². The summed E-state index contributed by atoms with van der Waals surface area (Å²) in [4.78, 5) is 22.5. The molecule has 0 bridgehead atoms. The van der Waals surface area contributed by atoms with E-state index in [9.17, 15) is 14.9 Å². The quantitative estimate of drug-likeness (QED) is 0.351. The number of ether oxygens (including phenoxy) is 1. The summed E-state index contributed by atoms with van der Waals surface area (Å²) in [7, 11) is 0. The smallest absolute Gasteiger partial charge is 0.271 e. The number of amides is 1. The first-order chi connectivity index (χ1) is 14.0. The lowest BCUT2D eigenvalue weighted by molar-refractivity contribution is -0.384. The normalized spacial score (nSPS) is 10.7. The number of nitrogens with zero attached hydrogens (tertiary/aromatic N) is 2. The highest BCUT2D eigenvalue weighted by molar-refractivity contribution is 6.33. The molecule has 0 aromatic heterocycles. The molecule has 0 saturated carbocycles. The fourth-order valence-corrected chi connectivity index (χ4v) is 2.58. The minimum absolute atomic E-state index is 0.117. The van der Waals surface area contributed by atoms with Crippen LogP contribution in [0.4, 0.5) is 5.69 Å². The van der Waals surface area contributed by atoms with Crippen LogP contribution in [-0.4, -0.2) is 17.0 Å². The van der Waals surface area contributed by atoms with Gasteiger partial charge in [-0.15, -0.1) is 0 Å². The van der Waals surface area contributed by atoms with Gasteiger partial charge in [-0.25, -0.2) is 5.43 Å². The highest BCUT2D eigenvalue weighted by Gasteiger charge is 2.09. The van der Waals surface area contributed by atoms with Crippen LogP contribution in [0.5, 0.6) is 5.75 Å². The number of hydrazone groups is 1. The zero-order valence-corrected chi connectivity index (χ0v) is 15.9. The van der Waals surface area contributed by atoms with Crippen LogP contribution >= 0.6 is 11.6 Å². The molecule has 0 unspecified atom stereocenters. The van der Waals surface area contributed by atoms with E-state index in [0.29, 0.717) is 23.5 Å². The van der Waals surface area contributed by atoms with Crippen molar-refractivity contribution in [2.45, 2.75) is 6.61 Å². The first kappa shape index (κ1) is 20.0. The van der Waals surface area contributed by atoms with Crippen molar-refractivity contribution in [3.05, 3.63) is 105 Å². The Morgan fingerprint density at radius 2 is 1.83 bits per heavy atom. The molecule has 3 rings (SSSR count). The molecule has 0 aliphatic carbocycles. The summed E-state index contributed by atoms with van der Waals surface area (Å²) in [5.41, 5.74) is 4.00. The Morgan fingerprint density at radius 1 is 1.10 bits per heavy atom. The molecule has 0 spiro atoms. The SMILES string of the molecule is O=C(N/N=C/c1cc([N+](=O)[O-])ccc1Cl)c1ccc(OCc2ccccc2)cc1. The number of carbonyl (C=O) groups excluding carboxylic acids is 1. The van der Waals surface area contributed by atoms with Crippen LogP contribution < -0.4 is 10.2 Å². The van der Waals surface area contributed by atoms with E-state index in [-0.39, 0.29) is 10.7 Å². The second-order valence-corrected chi connectivity index (χ2v) is 6.37. The van der Waals surface area contributed by atoms with E-state index in [2.05, 4.69) is 10.5 Å². The number of benzene rings is 3. The van der Waals surface area contributed by atoms with Gasteiger partial charge in [0.2, 0.25) is 0 Å². The Hall–Kier alpha value is -3.71. The summed E-state index contributed by atoms with van der Waals surface area (Å²) in [5.74, 6) is 0.203. The number of hydrogen-bond acceptors (Lipinski definition) is 5. The molecule has 29 heavy (non-hydrogen) atoms. The Bertz CT molecular complexity index is 1040. The van der Waals surface area contributed by atoms with Crippen molar-refractivity contribution < 1.29 is 14.5 Å². The third-order valence-electron chi connectivity index (χ3n) is 3.92. The van der Waals surface area contributed by atoms with Gasteiger partial charge in [0.1, 0.15) is 12.4 Å². The van der Waals surface area contributed by atoms with Crippen molar-refractivity contribution >= 4 is 29.4 Å². The first-order valence-electron chi connectivity index (χ1n) is 8.57. The lowest BCUT2D eigenvalue weighted by Gasteiger charge is -2.07. The molecule has 0 aliphatic heterocycles. The molecule has 7 nitrogen and oxygen atoms in total. The number of nitro groups is 1. The molecule has 8 heteroatoms. The maximum Gasteiger partial charge on any atom is 0.271 e. The molecule has 0 fully saturated rings. The number of halogens is 1. The number of rotatable bonds is 7. The van der Waals surface area contributed by atoms with Crippen molar-refractivity contribution in [2.75, 3.05) is 0 Å². The van der Waals surface area contributed by atoms with E-state index in [1.165, 1.54) is 24.4 Å². The van der Waals surface area contributed by atoms with Crippen LogP contribution in [0.15, 0.2) is 77.9 Å². The minimum atomic E-state index is -0.534. The third-order valence-corrected chi connectivity index (χ3v) is 4.27. The molecule has 1 amide bonds. The molecule has 0 radical (unpaired) electrons. The summed E-state index contributed by atoms with van der Waals surface area (Å²) in [6.07, 6.45) is 1.25. The van der Waals surface area contributed by atoms with E-state index >= 15 is 0 Å². The molecule has 0 heterocycles. The molecule has 0 saturated heterocycles. The summed E-state index contributed by atoms with van der Waals surface area (Å²) in [6.45, 7) is 0.431. The number of non-ortho nitro benzene ring substituents is 1. The fraction of sp³-hybridized carbons (Fsp3) is 0.0476. The summed E-state index contributed by atoms with van der Waals surface area (Å²) in [5, 5.41) is 14.9. The average Bonchev–Trinajstić information content (AvgIpc) is 2.74. The van der Waals surface area contributed by atoms with Crippen molar-refractivity contribution in [2.24, 2.45) is 5.10 Å². The summed E-state index contributed by atoms with van der Waals surface area (Å²) >= 11 is 5.98. The van der Waals surface area contributed by atoms with Crippen LogP contribution in [0.25, 0.3) is 0 Å². The summed E-state index contributed by atoms with van der Waals surface area (Å²) in [6, 6.07) is 20.3.